The number of carbonyl (C=O) groups is 2. The molecule has 8 heteroatoms. The molecule has 0 bridgehead atoms. The van der Waals surface area contributed by atoms with Crippen LogP contribution in [0, 0.1) is 6.92 Å². The number of hydrogen-bond acceptors (Lipinski definition) is 4. The van der Waals surface area contributed by atoms with Crippen molar-refractivity contribution in [3.05, 3.63) is 82.6 Å². The Bertz CT molecular complexity index is 1020. The van der Waals surface area contributed by atoms with Gasteiger partial charge in [-0.1, -0.05) is 60.1 Å². The van der Waals surface area contributed by atoms with E-state index in [2.05, 4.69) is 20.9 Å². The molecule has 0 saturated carbocycles. The van der Waals surface area contributed by atoms with Gasteiger partial charge in [0.1, 0.15) is 5.15 Å². The average molecular weight is 410 g/mol. The molecule has 0 saturated heterocycles. The molecule has 0 atom stereocenters. The van der Waals surface area contributed by atoms with E-state index < -0.39 is 5.91 Å². The summed E-state index contributed by atoms with van der Waals surface area (Å²) in [7, 11) is 0. The molecule has 3 aromatic rings. The van der Waals surface area contributed by atoms with Crippen LogP contribution in [-0.2, 0) is 16.0 Å². The fourth-order valence-corrected chi connectivity index (χ4v) is 2.95. The van der Waals surface area contributed by atoms with Gasteiger partial charge in [0.25, 0.3) is 5.91 Å². The standard InChI is InChI=1S/C21H20ClN5O2/c1-15-18(21(22)27(26-15)17-10-6-3-7-11-17)13-24-25-20(29)14-23-19(28)12-16-8-4-2-5-9-16/h2-11,13H,12,14H2,1H3,(H,23,28)(H,25,29)/b24-13+. The summed E-state index contributed by atoms with van der Waals surface area (Å²) in [5.41, 5.74) is 5.35. The van der Waals surface area contributed by atoms with Gasteiger partial charge in [-0.05, 0) is 24.6 Å². The van der Waals surface area contributed by atoms with Crippen molar-refractivity contribution in [1.29, 1.82) is 0 Å². The number of amides is 2. The van der Waals surface area contributed by atoms with Crippen LogP contribution in [0.2, 0.25) is 5.15 Å². The van der Waals surface area contributed by atoms with E-state index in [4.69, 9.17) is 11.6 Å². The Morgan fingerprint density at radius 2 is 1.72 bits per heavy atom. The Hall–Kier alpha value is -3.45. The summed E-state index contributed by atoms with van der Waals surface area (Å²) in [5, 5.41) is 11.3. The molecule has 0 aliphatic heterocycles. The molecule has 1 heterocycles. The number of hydrazone groups is 1. The molecule has 0 radical (unpaired) electrons. The van der Waals surface area contributed by atoms with E-state index in [1.807, 2.05) is 60.7 Å². The molecule has 2 amide bonds. The van der Waals surface area contributed by atoms with Crippen LogP contribution in [0.15, 0.2) is 65.8 Å². The van der Waals surface area contributed by atoms with E-state index in [1.54, 1.807) is 11.6 Å². The highest BCUT2D eigenvalue weighted by Gasteiger charge is 2.13. The van der Waals surface area contributed by atoms with Gasteiger partial charge in [-0.2, -0.15) is 10.2 Å². The molecule has 3 rings (SSSR count). The fraction of sp³-hybridized carbons (Fsp3) is 0.143. The summed E-state index contributed by atoms with van der Waals surface area (Å²) < 4.78 is 1.60. The van der Waals surface area contributed by atoms with Gasteiger partial charge >= 0.3 is 0 Å². The summed E-state index contributed by atoms with van der Waals surface area (Å²) in [4.78, 5) is 23.8. The SMILES string of the molecule is Cc1nn(-c2ccccc2)c(Cl)c1/C=N/NC(=O)CNC(=O)Cc1ccccc1. The predicted molar refractivity (Wildman–Crippen MR) is 112 cm³/mol. The van der Waals surface area contributed by atoms with E-state index in [0.717, 1.165) is 11.3 Å². The largest absolute Gasteiger partial charge is 0.347 e. The molecule has 148 valence electrons. The lowest BCUT2D eigenvalue weighted by atomic mass is 10.1. The molecule has 2 aromatic carbocycles. The van der Waals surface area contributed by atoms with Crippen molar-refractivity contribution in [2.24, 2.45) is 5.10 Å². The molecule has 29 heavy (non-hydrogen) atoms. The van der Waals surface area contributed by atoms with Crippen molar-refractivity contribution in [2.45, 2.75) is 13.3 Å². The summed E-state index contributed by atoms with van der Waals surface area (Å²) in [5.74, 6) is -0.676. The minimum atomic E-state index is -0.438. The first-order valence-corrected chi connectivity index (χ1v) is 9.35. The normalized spacial score (nSPS) is 10.8. The zero-order valence-corrected chi connectivity index (χ0v) is 16.6. The lowest BCUT2D eigenvalue weighted by Gasteiger charge is -2.04. The van der Waals surface area contributed by atoms with Crippen LogP contribution in [0.3, 0.4) is 0 Å². The maximum atomic E-state index is 11.9. The lowest BCUT2D eigenvalue weighted by Crippen LogP contribution is -2.35. The highest BCUT2D eigenvalue weighted by atomic mass is 35.5. The van der Waals surface area contributed by atoms with Gasteiger partial charge in [0.2, 0.25) is 5.91 Å². The molecule has 7 nitrogen and oxygen atoms in total. The highest BCUT2D eigenvalue weighted by Crippen LogP contribution is 2.21. The first kappa shape index (κ1) is 20.3. The summed E-state index contributed by atoms with van der Waals surface area (Å²) in [6.45, 7) is 1.64. The smallest absolute Gasteiger partial charge is 0.259 e. The second-order valence-corrected chi connectivity index (χ2v) is 6.63. The molecule has 0 spiro atoms. The van der Waals surface area contributed by atoms with Crippen LogP contribution < -0.4 is 10.7 Å². The van der Waals surface area contributed by atoms with E-state index in [9.17, 15) is 9.59 Å². The maximum Gasteiger partial charge on any atom is 0.259 e. The lowest BCUT2D eigenvalue weighted by molar-refractivity contribution is -0.125. The molecular weight excluding hydrogens is 390 g/mol. The van der Waals surface area contributed by atoms with E-state index in [-0.39, 0.29) is 18.9 Å². The van der Waals surface area contributed by atoms with Crippen molar-refractivity contribution in [1.82, 2.24) is 20.5 Å². The van der Waals surface area contributed by atoms with Crippen molar-refractivity contribution >= 4 is 29.6 Å². The number of nitrogens with one attached hydrogen (secondary N) is 2. The zero-order chi connectivity index (χ0) is 20.6. The van der Waals surface area contributed by atoms with Crippen LogP contribution in [-0.4, -0.2) is 34.4 Å². The Morgan fingerprint density at radius 3 is 2.41 bits per heavy atom. The second-order valence-electron chi connectivity index (χ2n) is 6.27. The minimum absolute atomic E-state index is 0.168. The first-order valence-electron chi connectivity index (χ1n) is 8.97. The number of aryl methyl sites for hydroxylation is 1. The van der Waals surface area contributed by atoms with E-state index in [1.165, 1.54) is 6.21 Å². The monoisotopic (exact) mass is 409 g/mol. The summed E-state index contributed by atoms with van der Waals surface area (Å²) in [6, 6.07) is 18.8. The van der Waals surface area contributed by atoms with Gasteiger partial charge in [0.15, 0.2) is 0 Å². The number of carbonyl (C=O) groups excluding carboxylic acids is 2. The van der Waals surface area contributed by atoms with E-state index in [0.29, 0.717) is 16.4 Å². The first-order chi connectivity index (χ1) is 14.0. The minimum Gasteiger partial charge on any atom is -0.347 e. The van der Waals surface area contributed by atoms with Gasteiger partial charge in [-0.25, -0.2) is 10.1 Å². The van der Waals surface area contributed by atoms with Crippen LogP contribution in [0.4, 0.5) is 0 Å². The van der Waals surface area contributed by atoms with Gasteiger partial charge in [0, 0.05) is 0 Å². The summed E-state index contributed by atoms with van der Waals surface area (Å²) >= 11 is 6.40. The van der Waals surface area contributed by atoms with Crippen LogP contribution in [0.25, 0.3) is 5.69 Å². The predicted octanol–water partition coefficient (Wildman–Crippen LogP) is 2.64. The third-order valence-electron chi connectivity index (χ3n) is 4.09. The molecule has 1 aromatic heterocycles. The van der Waals surface area contributed by atoms with Crippen LogP contribution >= 0.6 is 11.6 Å². The van der Waals surface area contributed by atoms with E-state index >= 15 is 0 Å². The Balaban J connectivity index is 1.53. The number of benzene rings is 2. The Kier molecular flexibility index (Phi) is 6.76. The van der Waals surface area contributed by atoms with Crippen molar-refractivity contribution in [3.63, 3.8) is 0 Å². The van der Waals surface area contributed by atoms with Crippen molar-refractivity contribution < 1.29 is 9.59 Å². The molecule has 0 aliphatic carbocycles. The number of rotatable bonds is 7. The quantitative estimate of drug-likeness (QED) is 0.464. The topological polar surface area (TPSA) is 88.4 Å². The molecule has 0 unspecified atom stereocenters. The molecule has 2 N–H and O–H groups in total. The average Bonchev–Trinajstić information content (AvgIpc) is 3.02. The highest BCUT2D eigenvalue weighted by molar-refractivity contribution is 6.32. The number of nitrogens with zero attached hydrogens (tertiary/aromatic N) is 3. The van der Waals surface area contributed by atoms with Gasteiger partial charge in [-0.3, -0.25) is 9.59 Å². The number of para-hydroxylation sites is 1. The van der Waals surface area contributed by atoms with Gasteiger partial charge in [0.05, 0.1) is 36.1 Å². The van der Waals surface area contributed by atoms with Gasteiger partial charge in [-0.15, -0.1) is 0 Å². The molecular formula is C21H20ClN5O2. The second kappa shape index (κ2) is 9.66. The third kappa shape index (κ3) is 5.52. The van der Waals surface area contributed by atoms with Crippen molar-refractivity contribution in [2.75, 3.05) is 6.54 Å². The summed E-state index contributed by atoms with van der Waals surface area (Å²) in [6.07, 6.45) is 1.65. The van der Waals surface area contributed by atoms with Gasteiger partial charge < -0.3 is 5.32 Å². The molecule has 0 aliphatic rings. The fourth-order valence-electron chi connectivity index (χ4n) is 2.63. The maximum absolute atomic E-state index is 11.9. The number of aromatic nitrogens is 2. The van der Waals surface area contributed by atoms with Crippen LogP contribution in [0.1, 0.15) is 16.8 Å². The number of hydrogen-bond donors (Lipinski definition) is 2. The van der Waals surface area contributed by atoms with Crippen molar-refractivity contribution in [3.8, 4) is 5.69 Å². The third-order valence-corrected chi connectivity index (χ3v) is 4.45. The molecule has 0 fully saturated rings. The Morgan fingerprint density at radius 1 is 1.07 bits per heavy atom. The Labute approximate surface area is 173 Å². The van der Waals surface area contributed by atoms with Crippen LogP contribution in [0.5, 0.6) is 0 Å². The number of halogens is 1. The zero-order valence-electron chi connectivity index (χ0n) is 15.8.